The number of hydrogen-bond acceptors (Lipinski definition) is 4. The van der Waals surface area contributed by atoms with Crippen molar-refractivity contribution in [2.45, 2.75) is 58.8 Å². The number of hydrogen-bond donors (Lipinski definition) is 2. The maximum Gasteiger partial charge on any atom is 0.337 e. The molecule has 0 saturated heterocycles. The first-order valence-corrected chi connectivity index (χ1v) is 7.09. The Kier molecular flexibility index (Phi) is 2.64. The summed E-state index contributed by atoms with van der Waals surface area (Å²) in [4.78, 5) is 12.1. The second-order valence-electron chi connectivity index (χ2n) is 7.15. The first kappa shape index (κ1) is 13.1. The topological polar surface area (TPSA) is 66.8 Å². The van der Waals surface area contributed by atoms with Gasteiger partial charge in [0.25, 0.3) is 0 Å². The number of cyclic esters (lactones) is 1. The Morgan fingerprint density at radius 3 is 2.58 bits per heavy atom. The summed E-state index contributed by atoms with van der Waals surface area (Å²) in [6, 6.07) is 0. The maximum atomic E-state index is 12.1. The van der Waals surface area contributed by atoms with Gasteiger partial charge in [-0.1, -0.05) is 27.2 Å². The van der Waals surface area contributed by atoms with Crippen molar-refractivity contribution in [1.29, 1.82) is 0 Å². The number of rotatable bonds is 0. The highest BCUT2D eigenvalue weighted by molar-refractivity contribution is 5.94. The largest absolute Gasteiger partial charge is 0.428 e. The van der Waals surface area contributed by atoms with Crippen LogP contribution in [0.15, 0.2) is 11.1 Å². The van der Waals surface area contributed by atoms with E-state index in [9.17, 15) is 15.0 Å². The maximum absolute atomic E-state index is 12.1. The van der Waals surface area contributed by atoms with Crippen LogP contribution >= 0.6 is 0 Å². The van der Waals surface area contributed by atoms with Crippen LogP contribution in [0.4, 0.5) is 0 Å². The van der Waals surface area contributed by atoms with Gasteiger partial charge >= 0.3 is 5.97 Å². The molecule has 2 N–H and O–H groups in total. The van der Waals surface area contributed by atoms with Gasteiger partial charge in [0.05, 0.1) is 11.7 Å². The summed E-state index contributed by atoms with van der Waals surface area (Å²) in [5, 5.41) is 20.1. The van der Waals surface area contributed by atoms with E-state index in [0.717, 1.165) is 19.3 Å². The molecule has 4 heteroatoms. The van der Waals surface area contributed by atoms with Gasteiger partial charge in [-0.3, -0.25) is 0 Å². The van der Waals surface area contributed by atoms with Crippen LogP contribution in [0, 0.1) is 16.7 Å². The van der Waals surface area contributed by atoms with Gasteiger partial charge in [-0.2, -0.15) is 0 Å². The van der Waals surface area contributed by atoms with E-state index in [2.05, 4.69) is 20.8 Å². The zero-order valence-electron chi connectivity index (χ0n) is 11.8. The predicted molar refractivity (Wildman–Crippen MR) is 69.0 cm³/mol. The Hall–Kier alpha value is -0.870. The molecule has 106 valence electrons. The summed E-state index contributed by atoms with van der Waals surface area (Å²) in [6.07, 6.45) is 1.70. The Bertz CT molecular complexity index is 465. The van der Waals surface area contributed by atoms with Gasteiger partial charge in [0.2, 0.25) is 6.29 Å². The van der Waals surface area contributed by atoms with Crippen LogP contribution in [0.25, 0.3) is 0 Å². The van der Waals surface area contributed by atoms with Crippen LogP contribution in [-0.2, 0) is 9.53 Å². The summed E-state index contributed by atoms with van der Waals surface area (Å²) in [5.74, 6) is -0.188. The molecular weight excluding hydrogens is 244 g/mol. The lowest BCUT2D eigenvalue weighted by atomic mass is 9.50. The van der Waals surface area contributed by atoms with Crippen LogP contribution in [-0.4, -0.2) is 28.6 Å². The molecule has 4 atom stereocenters. The molecule has 0 radical (unpaired) electrons. The normalized spacial score (nSPS) is 44.7. The van der Waals surface area contributed by atoms with Gasteiger partial charge in [-0.05, 0) is 30.6 Å². The summed E-state index contributed by atoms with van der Waals surface area (Å²) in [5.41, 5.74) is 0.795. The molecule has 0 aromatic carbocycles. The molecule has 0 aromatic rings. The Morgan fingerprint density at radius 1 is 1.21 bits per heavy atom. The quantitative estimate of drug-likeness (QED) is 0.656. The van der Waals surface area contributed by atoms with E-state index in [0.29, 0.717) is 17.6 Å². The van der Waals surface area contributed by atoms with Gasteiger partial charge < -0.3 is 14.9 Å². The summed E-state index contributed by atoms with van der Waals surface area (Å²) < 4.78 is 4.94. The first-order chi connectivity index (χ1) is 8.77. The van der Waals surface area contributed by atoms with Gasteiger partial charge in [0, 0.05) is 11.0 Å². The summed E-state index contributed by atoms with van der Waals surface area (Å²) in [7, 11) is 0. The number of carbonyl (C=O) groups is 1. The fraction of sp³-hybridized carbons (Fsp3) is 0.800. The van der Waals surface area contributed by atoms with Crippen LogP contribution in [0.1, 0.15) is 46.5 Å². The fourth-order valence-corrected chi connectivity index (χ4v) is 4.71. The van der Waals surface area contributed by atoms with Gasteiger partial charge in [-0.25, -0.2) is 4.79 Å². The minimum absolute atomic E-state index is 0.0976. The van der Waals surface area contributed by atoms with Crippen molar-refractivity contribution in [2.24, 2.45) is 16.7 Å². The molecule has 3 aliphatic rings. The van der Waals surface area contributed by atoms with Crippen molar-refractivity contribution < 1.29 is 19.7 Å². The van der Waals surface area contributed by atoms with Crippen molar-refractivity contribution in [2.75, 3.05) is 0 Å². The second kappa shape index (κ2) is 3.83. The third kappa shape index (κ3) is 1.62. The average molecular weight is 266 g/mol. The Morgan fingerprint density at radius 2 is 1.89 bits per heavy atom. The Labute approximate surface area is 113 Å². The molecule has 0 bridgehead atoms. The molecule has 4 nitrogen and oxygen atoms in total. The van der Waals surface area contributed by atoms with Crippen molar-refractivity contribution in [1.82, 2.24) is 0 Å². The highest BCUT2D eigenvalue weighted by Crippen LogP contribution is 2.61. The van der Waals surface area contributed by atoms with Crippen LogP contribution < -0.4 is 0 Å². The number of aliphatic hydroxyl groups is 2. The van der Waals surface area contributed by atoms with E-state index in [-0.39, 0.29) is 16.7 Å². The van der Waals surface area contributed by atoms with Crippen molar-refractivity contribution in [3.63, 3.8) is 0 Å². The molecule has 0 amide bonds. The standard InChI is InChI=1S/C15H22O4/c1-14(2)5-4-6-15(3)9(14)7-8(16)10-11(15)13(18)19-12(10)17/h8-9,12,16-17H,4-7H2,1-3H3/t8?,9?,12?,15-/m0/s1. The average Bonchev–Trinajstić information content (AvgIpc) is 2.59. The van der Waals surface area contributed by atoms with Gasteiger partial charge in [-0.15, -0.1) is 0 Å². The number of fused-ring (bicyclic) bond motifs is 2. The number of carbonyl (C=O) groups excluding carboxylic acids is 1. The molecule has 3 unspecified atom stereocenters. The number of aliphatic hydroxyl groups excluding tert-OH is 2. The fourth-order valence-electron chi connectivity index (χ4n) is 4.71. The monoisotopic (exact) mass is 266 g/mol. The molecule has 1 fully saturated rings. The molecule has 19 heavy (non-hydrogen) atoms. The third-order valence-electron chi connectivity index (χ3n) is 5.60. The SMILES string of the molecule is CC1(C)CCC[C@]2(C)C3=C(C(O)CC12)C(O)OC3=O. The molecule has 2 aliphatic carbocycles. The molecule has 3 rings (SSSR count). The van der Waals surface area contributed by atoms with Crippen LogP contribution in [0.3, 0.4) is 0 Å². The summed E-state index contributed by atoms with van der Waals surface area (Å²) >= 11 is 0. The van der Waals surface area contributed by atoms with E-state index >= 15 is 0 Å². The first-order valence-electron chi connectivity index (χ1n) is 7.09. The minimum atomic E-state index is -1.25. The van der Waals surface area contributed by atoms with Crippen molar-refractivity contribution >= 4 is 5.97 Å². The smallest absolute Gasteiger partial charge is 0.337 e. The second-order valence-corrected chi connectivity index (χ2v) is 7.15. The lowest BCUT2D eigenvalue weighted by Gasteiger charge is -2.54. The zero-order valence-corrected chi connectivity index (χ0v) is 11.8. The molecule has 0 spiro atoms. The minimum Gasteiger partial charge on any atom is -0.428 e. The van der Waals surface area contributed by atoms with E-state index in [1.807, 2.05) is 0 Å². The van der Waals surface area contributed by atoms with E-state index in [1.54, 1.807) is 0 Å². The van der Waals surface area contributed by atoms with Gasteiger partial charge in [0.15, 0.2) is 0 Å². The lowest BCUT2D eigenvalue weighted by molar-refractivity contribution is -0.153. The number of esters is 1. The zero-order chi connectivity index (χ0) is 14.0. The highest BCUT2D eigenvalue weighted by Gasteiger charge is 2.58. The molecular formula is C15H22O4. The lowest BCUT2D eigenvalue weighted by Crippen LogP contribution is -2.49. The molecule has 0 aromatic heterocycles. The molecule has 1 saturated carbocycles. The van der Waals surface area contributed by atoms with Crippen molar-refractivity contribution in [3.8, 4) is 0 Å². The van der Waals surface area contributed by atoms with E-state index in [4.69, 9.17) is 4.74 Å². The highest BCUT2D eigenvalue weighted by atomic mass is 16.6. The molecule has 1 aliphatic heterocycles. The summed E-state index contributed by atoms with van der Waals surface area (Å²) in [6.45, 7) is 6.52. The number of ether oxygens (including phenoxy) is 1. The van der Waals surface area contributed by atoms with E-state index < -0.39 is 18.4 Å². The van der Waals surface area contributed by atoms with Crippen LogP contribution in [0.2, 0.25) is 0 Å². The van der Waals surface area contributed by atoms with Crippen molar-refractivity contribution in [3.05, 3.63) is 11.1 Å². The Balaban J connectivity index is 2.15. The third-order valence-corrected chi connectivity index (χ3v) is 5.60. The molecule has 1 heterocycles. The van der Waals surface area contributed by atoms with Gasteiger partial charge in [0.1, 0.15) is 0 Å². The predicted octanol–water partition coefficient (Wildman–Crippen LogP) is 1.76. The van der Waals surface area contributed by atoms with E-state index in [1.165, 1.54) is 0 Å². The van der Waals surface area contributed by atoms with Crippen LogP contribution in [0.5, 0.6) is 0 Å².